The summed E-state index contributed by atoms with van der Waals surface area (Å²) in [5.41, 5.74) is 2.38. The molecule has 2 aliphatic rings. The van der Waals surface area contributed by atoms with Crippen molar-refractivity contribution in [3.8, 4) is 0 Å². The highest BCUT2D eigenvalue weighted by molar-refractivity contribution is 6.07. The van der Waals surface area contributed by atoms with E-state index in [4.69, 9.17) is 0 Å². The Morgan fingerprint density at radius 2 is 1.75 bits per heavy atom. The number of hydrogen-bond acceptors (Lipinski definition) is 3. The molecule has 2 aliphatic heterocycles. The summed E-state index contributed by atoms with van der Waals surface area (Å²) in [4.78, 5) is 29.3. The first-order chi connectivity index (χ1) is 13.5. The zero-order valence-electron chi connectivity index (χ0n) is 16.2. The Morgan fingerprint density at radius 1 is 1.07 bits per heavy atom. The molecule has 28 heavy (non-hydrogen) atoms. The third-order valence-electron chi connectivity index (χ3n) is 6.25. The Bertz CT molecular complexity index is 886. The lowest BCUT2D eigenvalue weighted by molar-refractivity contribution is -0.124. The van der Waals surface area contributed by atoms with Gasteiger partial charge in [0.2, 0.25) is 5.91 Å². The molecular formula is C23H25FN2O2. The normalized spacial score (nSPS) is 18.5. The van der Waals surface area contributed by atoms with Gasteiger partial charge in [-0.15, -0.1) is 0 Å². The van der Waals surface area contributed by atoms with Gasteiger partial charge in [0, 0.05) is 24.7 Å². The van der Waals surface area contributed by atoms with E-state index < -0.39 is 0 Å². The summed E-state index contributed by atoms with van der Waals surface area (Å²) in [6.45, 7) is 2.56. The van der Waals surface area contributed by atoms with Gasteiger partial charge in [0.1, 0.15) is 5.82 Å². The van der Waals surface area contributed by atoms with Crippen molar-refractivity contribution in [1.29, 1.82) is 0 Å². The number of piperidine rings is 1. The SMILES string of the molecule is CN1C(=O)C2(CCN(CCCC(=O)c3ccc(F)cc3)CC2)c2ccccc21. The van der Waals surface area contributed by atoms with Crippen LogP contribution in [0.15, 0.2) is 48.5 Å². The quantitative estimate of drug-likeness (QED) is 0.741. The Balaban J connectivity index is 1.32. The van der Waals surface area contributed by atoms with Crippen molar-refractivity contribution in [3.63, 3.8) is 0 Å². The van der Waals surface area contributed by atoms with Crippen molar-refractivity contribution in [2.45, 2.75) is 31.1 Å². The molecule has 5 heteroatoms. The molecule has 0 radical (unpaired) electrons. The summed E-state index contributed by atoms with van der Waals surface area (Å²) in [5, 5.41) is 0. The number of rotatable bonds is 5. The van der Waals surface area contributed by atoms with Crippen LogP contribution in [-0.2, 0) is 10.2 Å². The number of nitrogens with zero attached hydrogens (tertiary/aromatic N) is 2. The molecule has 2 aromatic carbocycles. The smallest absolute Gasteiger partial charge is 0.237 e. The number of carbonyl (C=O) groups excluding carboxylic acids is 2. The van der Waals surface area contributed by atoms with Crippen LogP contribution in [0.4, 0.5) is 10.1 Å². The summed E-state index contributed by atoms with van der Waals surface area (Å²) in [7, 11) is 1.86. The molecule has 0 unspecified atom stereocenters. The lowest BCUT2D eigenvalue weighted by Gasteiger charge is -2.38. The van der Waals surface area contributed by atoms with Crippen LogP contribution in [0.2, 0.25) is 0 Å². The number of ketones is 1. The van der Waals surface area contributed by atoms with E-state index in [1.807, 2.05) is 25.2 Å². The summed E-state index contributed by atoms with van der Waals surface area (Å²) in [6.07, 6.45) is 2.86. The molecule has 0 N–H and O–H groups in total. The van der Waals surface area contributed by atoms with Crippen molar-refractivity contribution in [3.05, 3.63) is 65.5 Å². The van der Waals surface area contributed by atoms with Gasteiger partial charge in [0.15, 0.2) is 5.78 Å². The molecule has 4 nitrogen and oxygen atoms in total. The molecule has 0 atom stereocenters. The first kappa shape index (κ1) is 18.8. The van der Waals surface area contributed by atoms with Gasteiger partial charge < -0.3 is 9.80 Å². The zero-order valence-corrected chi connectivity index (χ0v) is 16.2. The number of likely N-dealkylation sites (tertiary alicyclic amines) is 1. The highest BCUT2D eigenvalue weighted by Crippen LogP contribution is 2.47. The van der Waals surface area contributed by atoms with Gasteiger partial charge in [-0.05, 0) is 74.8 Å². The van der Waals surface area contributed by atoms with Gasteiger partial charge >= 0.3 is 0 Å². The van der Waals surface area contributed by atoms with Gasteiger partial charge in [-0.2, -0.15) is 0 Å². The maximum absolute atomic E-state index is 13.0. The molecule has 1 amide bonds. The summed E-state index contributed by atoms with van der Waals surface area (Å²) >= 11 is 0. The second kappa shape index (κ2) is 7.47. The van der Waals surface area contributed by atoms with Crippen molar-refractivity contribution >= 4 is 17.4 Å². The van der Waals surface area contributed by atoms with Gasteiger partial charge in [-0.25, -0.2) is 4.39 Å². The molecule has 4 rings (SSSR count). The molecule has 146 valence electrons. The third kappa shape index (κ3) is 3.24. The van der Waals surface area contributed by atoms with Crippen molar-refractivity contribution in [1.82, 2.24) is 4.90 Å². The predicted octanol–water partition coefficient (Wildman–Crippen LogP) is 3.80. The minimum atomic E-state index is -0.383. The van der Waals surface area contributed by atoms with E-state index in [9.17, 15) is 14.0 Å². The van der Waals surface area contributed by atoms with Crippen LogP contribution in [-0.4, -0.2) is 43.3 Å². The molecule has 1 spiro atoms. The average Bonchev–Trinajstić information content (AvgIpc) is 2.92. The number of para-hydroxylation sites is 1. The number of benzene rings is 2. The van der Waals surface area contributed by atoms with Crippen molar-refractivity contribution in [2.24, 2.45) is 0 Å². The van der Waals surface area contributed by atoms with Gasteiger partial charge in [0.25, 0.3) is 0 Å². The van der Waals surface area contributed by atoms with Crippen LogP contribution in [0, 0.1) is 5.82 Å². The van der Waals surface area contributed by atoms with E-state index >= 15 is 0 Å². The molecular weight excluding hydrogens is 355 g/mol. The minimum Gasteiger partial charge on any atom is -0.314 e. The van der Waals surface area contributed by atoms with E-state index in [0.717, 1.165) is 50.1 Å². The van der Waals surface area contributed by atoms with E-state index in [1.165, 1.54) is 12.1 Å². The number of likely N-dealkylation sites (N-methyl/N-ethyl adjacent to an activating group) is 1. The minimum absolute atomic E-state index is 0.0509. The molecule has 2 aromatic rings. The highest BCUT2D eigenvalue weighted by Gasteiger charge is 2.50. The van der Waals surface area contributed by atoms with Gasteiger partial charge in [-0.3, -0.25) is 9.59 Å². The summed E-state index contributed by atoms with van der Waals surface area (Å²) in [6, 6.07) is 13.8. The Morgan fingerprint density at radius 3 is 2.46 bits per heavy atom. The fraction of sp³-hybridized carbons (Fsp3) is 0.391. The highest BCUT2D eigenvalue weighted by atomic mass is 19.1. The van der Waals surface area contributed by atoms with E-state index in [1.54, 1.807) is 17.0 Å². The topological polar surface area (TPSA) is 40.6 Å². The average molecular weight is 380 g/mol. The zero-order chi connectivity index (χ0) is 19.7. The number of Topliss-reactive ketones (excluding diaryl/α,β-unsaturated/α-hetero) is 1. The number of fused-ring (bicyclic) bond motifs is 2. The Labute approximate surface area is 164 Å². The van der Waals surface area contributed by atoms with Crippen LogP contribution < -0.4 is 4.90 Å². The van der Waals surface area contributed by atoms with Crippen LogP contribution in [0.3, 0.4) is 0 Å². The number of carbonyl (C=O) groups is 2. The fourth-order valence-electron chi connectivity index (χ4n) is 4.60. The summed E-state index contributed by atoms with van der Waals surface area (Å²) < 4.78 is 13.0. The van der Waals surface area contributed by atoms with E-state index in [-0.39, 0.29) is 22.9 Å². The van der Waals surface area contributed by atoms with Crippen LogP contribution in [0.25, 0.3) is 0 Å². The molecule has 0 aliphatic carbocycles. The van der Waals surface area contributed by atoms with E-state index in [2.05, 4.69) is 11.0 Å². The number of hydrogen-bond donors (Lipinski definition) is 0. The Kier molecular flexibility index (Phi) is 5.02. The van der Waals surface area contributed by atoms with Crippen LogP contribution >= 0.6 is 0 Å². The molecule has 0 saturated carbocycles. The second-order valence-corrected chi connectivity index (χ2v) is 7.84. The number of amides is 1. The number of halogens is 1. The molecule has 1 saturated heterocycles. The fourth-order valence-corrected chi connectivity index (χ4v) is 4.60. The molecule has 2 heterocycles. The van der Waals surface area contributed by atoms with Crippen molar-refractivity contribution in [2.75, 3.05) is 31.6 Å². The lowest BCUT2D eigenvalue weighted by Crippen LogP contribution is -2.48. The molecule has 0 aromatic heterocycles. The molecule has 0 bridgehead atoms. The van der Waals surface area contributed by atoms with Crippen LogP contribution in [0.5, 0.6) is 0 Å². The predicted molar refractivity (Wildman–Crippen MR) is 107 cm³/mol. The van der Waals surface area contributed by atoms with Crippen molar-refractivity contribution < 1.29 is 14.0 Å². The first-order valence-corrected chi connectivity index (χ1v) is 9.90. The third-order valence-corrected chi connectivity index (χ3v) is 6.25. The maximum Gasteiger partial charge on any atom is 0.237 e. The first-order valence-electron chi connectivity index (χ1n) is 9.90. The van der Waals surface area contributed by atoms with Gasteiger partial charge in [-0.1, -0.05) is 18.2 Å². The monoisotopic (exact) mass is 380 g/mol. The van der Waals surface area contributed by atoms with Gasteiger partial charge in [0.05, 0.1) is 5.41 Å². The maximum atomic E-state index is 13.0. The standard InChI is InChI=1S/C23H25FN2O2/c1-25-20-6-3-2-5-19(20)23(22(25)28)12-15-26(16-13-23)14-4-7-21(27)17-8-10-18(24)11-9-17/h2-3,5-6,8-11H,4,7,12-16H2,1H3. The Hall–Kier alpha value is -2.53. The van der Waals surface area contributed by atoms with Crippen LogP contribution in [0.1, 0.15) is 41.6 Å². The summed E-state index contributed by atoms with van der Waals surface area (Å²) in [5.74, 6) is -0.0673. The molecule has 1 fully saturated rings. The second-order valence-electron chi connectivity index (χ2n) is 7.84. The lowest BCUT2D eigenvalue weighted by atomic mass is 9.73. The largest absolute Gasteiger partial charge is 0.314 e. The number of anilines is 1. The van der Waals surface area contributed by atoms with E-state index in [0.29, 0.717) is 12.0 Å².